The Morgan fingerprint density at radius 3 is 2.67 bits per heavy atom. The van der Waals surface area contributed by atoms with Crippen LogP contribution in [0.3, 0.4) is 0 Å². The molecule has 5 heteroatoms. The summed E-state index contributed by atoms with van der Waals surface area (Å²) >= 11 is 0. The van der Waals surface area contributed by atoms with E-state index in [1.54, 1.807) is 0 Å². The second-order valence-electron chi connectivity index (χ2n) is 5.49. The van der Waals surface area contributed by atoms with Crippen LogP contribution >= 0.6 is 0 Å². The summed E-state index contributed by atoms with van der Waals surface area (Å²) in [6, 6.07) is 0.0427. The van der Waals surface area contributed by atoms with Gasteiger partial charge in [0.15, 0.2) is 0 Å². The molecule has 1 aliphatic carbocycles. The molecule has 2 aliphatic rings. The van der Waals surface area contributed by atoms with E-state index in [-0.39, 0.29) is 18.4 Å². The molecule has 0 spiro atoms. The number of nitrogens with zero attached hydrogens (tertiary/aromatic N) is 1. The number of carboxylic acid groups (broad SMARTS) is 1. The number of rotatable bonds is 3. The summed E-state index contributed by atoms with van der Waals surface area (Å²) in [4.78, 5) is 25.2. The van der Waals surface area contributed by atoms with Crippen molar-refractivity contribution in [3.05, 3.63) is 0 Å². The van der Waals surface area contributed by atoms with Crippen molar-refractivity contribution < 1.29 is 14.7 Å². The van der Waals surface area contributed by atoms with Crippen molar-refractivity contribution in [2.24, 2.45) is 0 Å². The highest BCUT2D eigenvalue weighted by molar-refractivity contribution is 5.86. The monoisotopic (exact) mass is 254 g/mol. The van der Waals surface area contributed by atoms with E-state index < -0.39 is 12.0 Å². The third-order valence-electron chi connectivity index (χ3n) is 4.07. The van der Waals surface area contributed by atoms with Crippen LogP contribution in [-0.4, -0.2) is 46.6 Å². The topological polar surface area (TPSA) is 69.6 Å². The second kappa shape index (κ2) is 5.69. The Labute approximate surface area is 108 Å². The number of carbonyl (C=O) groups excluding carboxylic acids is 1. The number of carbonyl (C=O) groups is 2. The van der Waals surface area contributed by atoms with E-state index >= 15 is 0 Å². The molecule has 0 aromatic carbocycles. The molecular weight excluding hydrogens is 232 g/mol. The molecule has 2 unspecified atom stereocenters. The summed E-state index contributed by atoms with van der Waals surface area (Å²) in [5.74, 6) is -1.01. The van der Waals surface area contributed by atoms with Gasteiger partial charge >= 0.3 is 5.97 Å². The van der Waals surface area contributed by atoms with Crippen LogP contribution in [0.1, 0.15) is 45.4 Å². The van der Waals surface area contributed by atoms with Gasteiger partial charge in [-0.25, -0.2) is 0 Å². The number of aliphatic carboxylic acids is 1. The summed E-state index contributed by atoms with van der Waals surface area (Å²) in [6.45, 7) is 2.80. The van der Waals surface area contributed by atoms with Crippen molar-refractivity contribution >= 4 is 11.9 Å². The Kier molecular flexibility index (Phi) is 4.22. The zero-order valence-corrected chi connectivity index (χ0v) is 10.9. The lowest BCUT2D eigenvalue weighted by molar-refractivity contribution is -0.142. The fraction of sp³-hybridized carbons (Fsp3) is 0.846. The van der Waals surface area contributed by atoms with Crippen LogP contribution in [0.5, 0.6) is 0 Å². The smallest absolute Gasteiger partial charge is 0.305 e. The molecule has 1 heterocycles. The molecule has 0 radical (unpaired) electrons. The van der Waals surface area contributed by atoms with Crippen LogP contribution in [-0.2, 0) is 9.59 Å². The van der Waals surface area contributed by atoms with E-state index in [0.29, 0.717) is 6.04 Å². The largest absolute Gasteiger partial charge is 0.481 e. The normalized spacial score (nSPS) is 31.1. The highest BCUT2D eigenvalue weighted by atomic mass is 16.4. The van der Waals surface area contributed by atoms with Gasteiger partial charge in [0.1, 0.15) is 0 Å². The fourth-order valence-electron chi connectivity index (χ4n) is 3.11. The maximum atomic E-state index is 12.1. The quantitative estimate of drug-likeness (QED) is 0.788. The number of carboxylic acids is 1. The first-order valence-electron chi connectivity index (χ1n) is 6.86. The van der Waals surface area contributed by atoms with Crippen LogP contribution in [0.2, 0.25) is 0 Å². The Hall–Kier alpha value is -1.10. The van der Waals surface area contributed by atoms with Crippen LogP contribution in [0.15, 0.2) is 0 Å². The molecule has 0 aromatic heterocycles. The predicted octanol–water partition coefficient (Wildman–Crippen LogP) is 0.983. The molecule has 1 aliphatic heterocycles. The Morgan fingerprint density at radius 1 is 1.39 bits per heavy atom. The van der Waals surface area contributed by atoms with Crippen LogP contribution in [0, 0.1) is 0 Å². The van der Waals surface area contributed by atoms with E-state index in [1.165, 1.54) is 12.8 Å². The molecule has 2 N–H and O–H groups in total. The molecular formula is C13H22N2O3. The summed E-state index contributed by atoms with van der Waals surface area (Å²) in [5, 5.41) is 11.9. The standard InChI is InChI=1S/C13H22N2O3/c1-9-6-7-15(10-4-2-3-5-10)11(8-12(16)17)13(18)14-9/h9-11H,2-8H2,1H3,(H,14,18)(H,16,17). The third kappa shape index (κ3) is 3.02. The minimum atomic E-state index is -0.896. The lowest BCUT2D eigenvalue weighted by Crippen LogP contribution is -2.49. The van der Waals surface area contributed by atoms with Crippen LogP contribution < -0.4 is 5.32 Å². The molecule has 102 valence electrons. The van der Waals surface area contributed by atoms with Gasteiger partial charge in [0.25, 0.3) is 0 Å². The predicted molar refractivity (Wildman–Crippen MR) is 67.2 cm³/mol. The zero-order chi connectivity index (χ0) is 13.1. The molecule has 18 heavy (non-hydrogen) atoms. The van der Waals surface area contributed by atoms with E-state index in [1.807, 2.05) is 6.92 Å². The summed E-state index contributed by atoms with van der Waals surface area (Å²) in [5.41, 5.74) is 0. The van der Waals surface area contributed by atoms with Crippen molar-refractivity contribution in [2.75, 3.05) is 6.54 Å². The highest BCUT2D eigenvalue weighted by Crippen LogP contribution is 2.27. The number of amides is 1. The van der Waals surface area contributed by atoms with Gasteiger partial charge in [-0.05, 0) is 26.2 Å². The molecule has 0 aromatic rings. The maximum absolute atomic E-state index is 12.1. The second-order valence-corrected chi connectivity index (χ2v) is 5.49. The summed E-state index contributed by atoms with van der Waals surface area (Å²) < 4.78 is 0. The fourth-order valence-corrected chi connectivity index (χ4v) is 3.11. The average Bonchev–Trinajstić information content (AvgIpc) is 2.76. The van der Waals surface area contributed by atoms with Crippen molar-refractivity contribution in [3.63, 3.8) is 0 Å². The first-order valence-corrected chi connectivity index (χ1v) is 6.86. The Balaban J connectivity index is 2.14. The van der Waals surface area contributed by atoms with Gasteiger partial charge in [-0.1, -0.05) is 12.8 Å². The number of hydrogen-bond acceptors (Lipinski definition) is 3. The van der Waals surface area contributed by atoms with Crippen molar-refractivity contribution in [1.82, 2.24) is 10.2 Å². The molecule has 1 amide bonds. The summed E-state index contributed by atoms with van der Waals surface area (Å²) in [6.07, 6.45) is 5.39. The molecule has 1 saturated carbocycles. The van der Waals surface area contributed by atoms with Gasteiger partial charge in [-0.2, -0.15) is 0 Å². The maximum Gasteiger partial charge on any atom is 0.305 e. The Morgan fingerprint density at radius 2 is 2.06 bits per heavy atom. The minimum Gasteiger partial charge on any atom is -0.481 e. The lowest BCUT2D eigenvalue weighted by Gasteiger charge is -2.32. The van der Waals surface area contributed by atoms with Crippen molar-refractivity contribution in [3.8, 4) is 0 Å². The molecule has 2 fully saturated rings. The van der Waals surface area contributed by atoms with Crippen molar-refractivity contribution in [1.29, 1.82) is 0 Å². The lowest BCUT2D eigenvalue weighted by atomic mass is 10.1. The van der Waals surface area contributed by atoms with Gasteiger partial charge in [-0.15, -0.1) is 0 Å². The summed E-state index contributed by atoms with van der Waals surface area (Å²) in [7, 11) is 0. The minimum absolute atomic E-state index is 0.0882. The molecule has 0 bridgehead atoms. The van der Waals surface area contributed by atoms with Gasteiger partial charge < -0.3 is 10.4 Å². The van der Waals surface area contributed by atoms with Gasteiger partial charge in [0.2, 0.25) is 5.91 Å². The zero-order valence-electron chi connectivity index (χ0n) is 10.9. The molecule has 1 saturated heterocycles. The first-order chi connectivity index (χ1) is 8.58. The molecule has 2 atom stereocenters. The van der Waals surface area contributed by atoms with Gasteiger partial charge in [0.05, 0.1) is 12.5 Å². The van der Waals surface area contributed by atoms with Gasteiger partial charge in [0, 0.05) is 18.6 Å². The Bertz CT molecular complexity index is 326. The molecule has 2 rings (SSSR count). The van der Waals surface area contributed by atoms with Crippen LogP contribution in [0.25, 0.3) is 0 Å². The number of hydrogen-bond donors (Lipinski definition) is 2. The van der Waals surface area contributed by atoms with E-state index in [4.69, 9.17) is 5.11 Å². The SMILES string of the molecule is CC1CCN(C2CCCC2)C(CC(=O)O)C(=O)N1. The van der Waals surface area contributed by atoms with Crippen LogP contribution in [0.4, 0.5) is 0 Å². The number of nitrogens with one attached hydrogen (secondary N) is 1. The van der Waals surface area contributed by atoms with E-state index in [9.17, 15) is 9.59 Å². The van der Waals surface area contributed by atoms with E-state index in [0.717, 1.165) is 25.8 Å². The van der Waals surface area contributed by atoms with E-state index in [2.05, 4.69) is 10.2 Å². The average molecular weight is 254 g/mol. The third-order valence-corrected chi connectivity index (χ3v) is 4.07. The first kappa shape index (κ1) is 13.3. The molecule has 5 nitrogen and oxygen atoms in total. The van der Waals surface area contributed by atoms with Gasteiger partial charge in [-0.3, -0.25) is 14.5 Å². The highest BCUT2D eigenvalue weighted by Gasteiger charge is 2.36. The van der Waals surface area contributed by atoms with Crippen molar-refractivity contribution in [2.45, 2.75) is 63.6 Å².